The van der Waals surface area contributed by atoms with Crippen LogP contribution in [-0.2, 0) is 0 Å². The van der Waals surface area contributed by atoms with Gasteiger partial charge in [0.1, 0.15) is 5.82 Å². The second-order valence-electron chi connectivity index (χ2n) is 9.19. The normalized spacial score (nSPS) is 28.2. The van der Waals surface area contributed by atoms with E-state index >= 15 is 0 Å². The maximum atomic E-state index is 14.9. The lowest BCUT2D eigenvalue weighted by molar-refractivity contribution is 0.263. The fraction of sp³-hybridized carbons (Fsp3) is 0.538. The highest BCUT2D eigenvalue weighted by molar-refractivity contribution is 5.65. The summed E-state index contributed by atoms with van der Waals surface area (Å²) in [5.41, 5.74) is 4.12. The topological polar surface area (TPSA) is 0 Å². The molecule has 0 nitrogen and oxygen atoms in total. The summed E-state index contributed by atoms with van der Waals surface area (Å²) in [5.74, 6) is 2.01. The quantitative estimate of drug-likeness (QED) is 0.502. The predicted molar refractivity (Wildman–Crippen MR) is 113 cm³/mol. The van der Waals surface area contributed by atoms with Crippen molar-refractivity contribution in [3.8, 4) is 11.1 Å². The summed E-state index contributed by atoms with van der Waals surface area (Å²) in [7, 11) is 0. The predicted octanol–water partition coefficient (Wildman–Crippen LogP) is 8.03. The number of hydrogen-bond donors (Lipinski definition) is 0. The zero-order valence-corrected chi connectivity index (χ0v) is 17.0. The maximum absolute atomic E-state index is 14.9. The minimum atomic E-state index is -0.180. The third-order valence-electron chi connectivity index (χ3n) is 7.24. The lowest BCUT2D eigenvalue weighted by Gasteiger charge is -2.27. The van der Waals surface area contributed by atoms with Gasteiger partial charge in [0.05, 0.1) is 6.67 Å². The zero-order valence-electron chi connectivity index (χ0n) is 17.0. The molecule has 0 aromatic heterocycles. The van der Waals surface area contributed by atoms with Crippen molar-refractivity contribution in [1.82, 2.24) is 0 Å². The summed E-state index contributed by atoms with van der Waals surface area (Å²) in [6.07, 6.45) is 8.97. The van der Waals surface area contributed by atoms with Crippen LogP contribution in [0, 0.1) is 17.7 Å². The molecule has 0 aliphatic heterocycles. The first kappa shape index (κ1) is 19.6. The molecule has 0 spiro atoms. The number of halogens is 2. The minimum Gasteiger partial charge on any atom is -0.251 e. The standard InChI is InChI=1S/C26H32F2/c1-18-2-6-22(7-3-18)24-14-15-25(26(28)16-24)23-12-10-21(11-13-23)20-8-4-19(17-27)5-9-20/h10-16,18-20,22H,2-9,17H2,1H3. The van der Waals surface area contributed by atoms with Gasteiger partial charge in [-0.25, -0.2) is 4.39 Å². The Balaban J connectivity index is 1.45. The third-order valence-corrected chi connectivity index (χ3v) is 7.24. The van der Waals surface area contributed by atoms with Crippen molar-refractivity contribution in [2.75, 3.05) is 6.67 Å². The molecule has 2 aromatic carbocycles. The fourth-order valence-electron chi connectivity index (χ4n) is 5.20. The summed E-state index contributed by atoms with van der Waals surface area (Å²) in [6.45, 7) is 2.14. The Kier molecular flexibility index (Phi) is 6.13. The van der Waals surface area contributed by atoms with Crippen molar-refractivity contribution >= 4 is 0 Å². The second kappa shape index (κ2) is 8.76. The van der Waals surface area contributed by atoms with Crippen LogP contribution in [0.15, 0.2) is 42.5 Å². The van der Waals surface area contributed by atoms with E-state index in [1.807, 2.05) is 6.07 Å². The molecule has 2 heteroatoms. The first-order valence-electron chi connectivity index (χ1n) is 11.1. The van der Waals surface area contributed by atoms with E-state index in [1.54, 1.807) is 6.07 Å². The van der Waals surface area contributed by atoms with Gasteiger partial charge in [0.25, 0.3) is 0 Å². The summed E-state index contributed by atoms with van der Waals surface area (Å²) in [5, 5.41) is 0. The molecule has 0 bridgehead atoms. The first-order chi connectivity index (χ1) is 13.6. The third kappa shape index (κ3) is 4.31. The summed E-state index contributed by atoms with van der Waals surface area (Å²) >= 11 is 0. The van der Waals surface area contributed by atoms with Crippen molar-refractivity contribution in [1.29, 1.82) is 0 Å². The minimum absolute atomic E-state index is 0.104. The van der Waals surface area contributed by atoms with Gasteiger partial charge in [-0.3, -0.25) is 4.39 Å². The van der Waals surface area contributed by atoms with Gasteiger partial charge >= 0.3 is 0 Å². The van der Waals surface area contributed by atoms with Crippen LogP contribution >= 0.6 is 0 Å². The summed E-state index contributed by atoms with van der Waals surface area (Å²) in [6, 6.07) is 14.3. The van der Waals surface area contributed by atoms with Crippen LogP contribution in [0.1, 0.15) is 81.3 Å². The number of alkyl halides is 1. The molecule has 0 N–H and O–H groups in total. The van der Waals surface area contributed by atoms with E-state index in [2.05, 4.69) is 37.3 Å². The lowest BCUT2D eigenvalue weighted by Crippen LogP contribution is -2.14. The lowest BCUT2D eigenvalue weighted by atomic mass is 9.78. The van der Waals surface area contributed by atoms with Crippen LogP contribution < -0.4 is 0 Å². The molecule has 4 rings (SSSR count). The summed E-state index contributed by atoms with van der Waals surface area (Å²) in [4.78, 5) is 0. The molecular formula is C26H32F2. The van der Waals surface area contributed by atoms with Crippen molar-refractivity contribution in [3.63, 3.8) is 0 Å². The van der Waals surface area contributed by atoms with Gasteiger partial charge in [-0.1, -0.05) is 56.2 Å². The molecule has 0 heterocycles. The maximum Gasteiger partial charge on any atom is 0.131 e. The van der Waals surface area contributed by atoms with E-state index in [0.717, 1.165) is 42.7 Å². The van der Waals surface area contributed by atoms with Crippen LogP contribution in [0.3, 0.4) is 0 Å². The zero-order chi connectivity index (χ0) is 19.5. The van der Waals surface area contributed by atoms with Crippen LogP contribution in [0.2, 0.25) is 0 Å². The molecule has 2 aliphatic rings. The molecule has 0 unspecified atom stereocenters. The molecule has 2 fully saturated rings. The molecule has 0 saturated heterocycles. The highest BCUT2D eigenvalue weighted by atomic mass is 19.1. The number of benzene rings is 2. The highest BCUT2D eigenvalue weighted by Crippen LogP contribution is 2.38. The van der Waals surface area contributed by atoms with Crippen LogP contribution in [0.25, 0.3) is 11.1 Å². The van der Waals surface area contributed by atoms with E-state index in [4.69, 9.17) is 0 Å². The largest absolute Gasteiger partial charge is 0.251 e. The Morgan fingerprint density at radius 2 is 1.32 bits per heavy atom. The molecule has 2 aliphatic carbocycles. The molecule has 2 aromatic rings. The molecule has 28 heavy (non-hydrogen) atoms. The van der Waals surface area contributed by atoms with Crippen molar-refractivity contribution < 1.29 is 8.78 Å². The Morgan fingerprint density at radius 1 is 0.750 bits per heavy atom. The number of hydrogen-bond acceptors (Lipinski definition) is 0. The van der Waals surface area contributed by atoms with Gasteiger partial charge < -0.3 is 0 Å². The van der Waals surface area contributed by atoms with E-state index in [0.29, 0.717) is 17.4 Å². The van der Waals surface area contributed by atoms with E-state index in [-0.39, 0.29) is 18.4 Å². The highest BCUT2D eigenvalue weighted by Gasteiger charge is 2.23. The van der Waals surface area contributed by atoms with Crippen LogP contribution in [0.5, 0.6) is 0 Å². The average Bonchev–Trinajstić information content (AvgIpc) is 2.74. The smallest absolute Gasteiger partial charge is 0.131 e. The molecule has 2 saturated carbocycles. The van der Waals surface area contributed by atoms with Gasteiger partial charge in [-0.05, 0) is 85.0 Å². The monoisotopic (exact) mass is 382 g/mol. The number of rotatable bonds is 4. The summed E-state index contributed by atoms with van der Waals surface area (Å²) < 4.78 is 27.7. The van der Waals surface area contributed by atoms with E-state index in [9.17, 15) is 8.78 Å². The Morgan fingerprint density at radius 3 is 1.93 bits per heavy atom. The SMILES string of the molecule is CC1CCC(c2ccc(-c3ccc(C4CCC(CF)CC4)cc3)c(F)c2)CC1. The van der Waals surface area contributed by atoms with Crippen molar-refractivity contribution in [3.05, 3.63) is 59.4 Å². The van der Waals surface area contributed by atoms with Crippen LogP contribution in [0.4, 0.5) is 8.78 Å². The van der Waals surface area contributed by atoms with E-state index in [1.165, 1.54) is 31.2 Å². The van der Waals surface area contributed by atoms with Gasteiger partial charge in [0, 0.05) is 5.56 Å². The fourth-order valence-corrected chi connectivity index (χ4v) is 5.20. The van der Waals surface area contributed by atoms with Gasteiger partial charge in [0.2, 0.25) is 0 Å². The van der Waals surface area contributed by atoms with Gasteiger partial charge in [0.15, 0.2) is 0 Å². The van der Waals surface area contributed by atoms with Crippen LogP contribution in [-0.4, -0.2) is 6.67 Å². The Labute approximate surface area is 168 Å². The van der Waals surface area contributed by atoms with Gasteiger partial charge in [-0.15, -0.1) is 0 Å². The second-order valence-corrected chi connectivity index (χ2v) is 9.19. The molecule has 0 amide bonds. The van der Waals surface area contributed by atoms with Crippen molar-refractivity contribution in [2.45, 2.75) is 70.1 Å². The average molecular weight is 383 g/mol. The molecule has 0 atom stereocenters. The molecule has 150 valence electrons. The molecular weight excluding hydrogens is 350 g/mol. The first-order valence-corrected chi connectivity index (χ1v) is 11.1. The van der Waals surface area contributed by atoms with E-state index < -0.39 is 0 Å². The molecule has 0 radical (unpaired) electrons. The Hall–Kier alpha value is -1.70. The van der Waals surface area contributed by atoms with Crippen molar-refractivity contribution in [2.24, 2.45) is 11.8 Å². The van der Waals surface area contributed by atoms with Gasteiger partial charge in [-0.2, -0.15) is 0 Å². The Bertz CT molecular complexity index is 764.